The van der Waals surface area contributed by atoms with Gasteiger partial charge in [0, 0.05) is 6.42 Å². The molecule has 0 aromatic heterocycles. The maximum Gasteiger partial charge on any atom is 0.273 e. The molecule has 0 bridgehead atoms. The van der Waals surface area contributed by atoms with Crippen molar-refractivity contribution in [2.24, 2.45) is 0 Å². The van der Waals surface area contributed by atoms with E-state index in [0.29, 0.717) is 6.42 Å². The molecule has 1 atom stereocenters. The Hall–Kier alpha value is -0.650. The third-order valence-electron chi connectivity index (χ3n) is 1.21. The molecule has 5 heteroatoms. The third-order valence-corrected chi connectivity index (χ3v) is 1.21. The number of amides is 1. The summed E-state index contributed by atoms with van der Waals surface area (Å²) in [6, 6.07) is 0. The first kappa shape index (κ1) is 11.4. The van der Waals surface area contributed by atoms with Crippen LogP contribution in [0.15, 0.2) is 0 Å². The van der Waals surface area contributed by atoms with Crippen LogP contribution in [-0.2, 0) is 9.63 Å². The highest BCUT2D eigenvalue weighted by Crippen LogP contribution is 2.00. The van der Waals surface area contributed by atoms with Crippen LogP contribution in [-0.4, -0.2) is 27.7 Å². The predicted octanol–water partition coefficient (Wildman–Crippen LogP) is 0.664. The van der Waals surface area contributed by atoms with Gasteiger partial charge in [-0.3, -0.25) is 10.0 Å². The quantitative estimate of drug-likeness (QED) is 0.368. The zero-order valence-corrected chi connectivity index (χ0v) is 7.36. The fourth-order valence-electron chi connectivity index (χ4n) is 0.627. The van der Waals surface area contributed by atoms with Gasteiger partial charge in [0.1, 0.15) is 0 Å². The number of nitrogens with zero attached hydrogens (tertiary/aromatic N) is 1. The fraction of sp³-hybridized carbons (Fsp3) is 0.857. The van der Waals surface area contributed by atoms with E-state index in [-0.39, 0.29) is 11.6 Å². The van der Waals surface area contributed by atoms with Crippen molar-refractivity contribution in [3.05, 3.63) is 0 Å². The van der Waals surface area contributed by atoms with E-state index >= 15 is 0 Å². The standard InChI is InChI=1S/C7H15NO4/c1-3-4-5-7(10)8(11)12-6(2)9/h6,9,11H,3-5H2,1-2H3. The molecule has 1 unspecified atom stereocenters. The first-order valence-electron chi connectivity index (χ1n) is 3.94. The number of carbonyl (C=O) groups is 1. The van der Waals surface area contributed by atoms with Gasteiger partial charge < -0.3 is 5.11 Å². The normalized spacial score (nSPS) is 12.7. The Morgan fingerprint density at radius 1 is 1.67 bits per heavy atom. The van der Waals surface area contributed by atoms with Gasteiger partial charge in [-0.25, -0.2) is 4.84 Å². The number of aliphatic hydroxyl groups is 1. The van der Waals surface area contributed by atoms with Crippen molar-refractivity contribution in [2.75, 3.05) is 0 Å². The largest absolute Gasteiger partial charge is 0.366 e. The first-order chi connectivity index (χ1) is 5.57. The van der Waals surface area contributed by atoms with Gasteiger partial charge in [0.25, 0.3) is 5.91 Å². The number of hydrogen-bond donors (Lipinski definition) is 2. The van der Waals surface area contributed by atoms with Crippen LogP contribution in [0.25, 0.3) is 0 Å². The minimum absolute atomic E-state index is 0.0837. The molecule has 0 aliphatic carbocycles. The predicted molar refractivity (Wildman–Crippen MR) is 40.9 cm³/mol. The van der Waals surface area contributed by atoms with Gasteiger partial charge in [-0.15, -0.1) is 0 Å². The molecule has 2 N–H and O–H groups in total. The Bertz CT molecular complexity index is 137. The summed E-state index contributed by atoms with van der Waals surface area (Å²) in [6.45, 7) is 3.24. The van der Waals surface area contributed by atoms with Crippen molar-refractivity contribution in [1.29, 1.82) is 0 Å². The van der Waals surface area contributed by atoms with Gasteiger partial charge >= 0.3 is 0 Å². The number of hydroxylamine groups is 2. The Balaban J connectivity index is 3.61. The molecule has 72 valence electrons. The number of rotatable bonds is 5. The molecule has 0 aromatic carbocycles. The van der Waals surface area contributed by atoms with E-state index in [4.69, 9.17) is 10.3 Å². The molecule has 0 heterocycles. The van der Waals surface area contributed by atoms with Crippen LogP contribution >= 0.6 is 0 Å². The van der Waals surface area contributed by atoms with Crippen LogP contribution in [0.1, 0.15) is 33.1 Å². The summed E-state index contributed by atoms with van der Waals surface area (Å²) in [6.07, 6.45) is 0.605. The molecule has 0 aliphatic rings. The Morgan fingerprint density at radius 2 is 2.25 bits per heavy atom. The van der Waals surface area contributed by atoms with Gasteiger partial charge in [-0.2, -0.15) is 0 Å². The number of hydrogen-bond acceptors (Lipinski definition) is 4. The average Bonchev–Trinajstić information content (AvgIpc) is 1.98. The van der Waals surface area contributed by atoms with E-state index in [0.717, 1.165) is 6.42 Å². The highest BCUT2D eigenvalue weighted by Gasteiger charge is 2.12. The first-order valence-corrected chi connectivity index (χ1v) is 3.94. The van der Waals surface area contributed by atoms with Gasteiger partial charge in [-0.1, -0.05) is 18.6 Å². The second-order valence-electron chi connectivity index (χ2n) is 2.47. The maximum atomic E-state index is 10.9. The van der Waals surface area contributed by atoms with E-state index in [1.165, 1.54) is 6.92 Å². The van der Waals surface area contributed by atoms with Crippen molar-refractivity contribution in [3.63, 3.8) is 0 Å². The summed E-state index contributed by atoms with van der Waals surface area (Å²) in [4.78, 5) is 15.2. The summed E-state index contributed by atoms with van der Waals surface area (Å²) in [7, 11) is 0. The van der Waals surface area contributed by atoms with Gasteiger partial charge in [0.15, 0.2) is 6.29 Å². The molecule has 0 saturated carbocycles. The molecule has 0 saturated heterocycles. The van der Waals surface area contributed by atoms with Gasteiger partial charge in [0.2, 0.25) is 0 Å². The minimum Gasteiger partial charge on any atom is -0.366 e. The van der Waals surface area contributed by atoms with Crippen molar-refractivity contribution in [3.8, 4) is 0 Å². The lowest BCUT2D eigenvalue weighted by Gasteiger charge is -2.15. The number of unbranched alkanes of at least 4 members (excludes halogenated alkanes) is 1. The van der Waals surface area contributed by atoms with Crippen LogP contribution < -0.4 is 0 Å². The van der Waals surface area contributed by atoms with Crippen LogP contribution in [0.4, 0.5) is 0 Å². The van der Waals surface area contributed by atoms with E-state index in [1.807, 2.05) is 6.92 Å². The summed E-state index contributed by atoms with van der Waals surface area (Å²) in [5.41, 5.74) is 0. The smallest absolute Gasteiger partial charge is 0.273 e. The molecule has 12 heavy (non-hydrogen) atoms. The molecule has 5 nitrogen and oxygen atoms in total. The van der Waals surface area contributed by atoms with E-state index in [9.17, 15) is 4.79 Å². The van der Waals surface area contributed by atoms with Gasteiger partial charge in [-0.05, 0) is 13.3 Å². The summed E-state index contributed by atoms with van der Waals surface area (Å²) in [5.74, 6) is -0.544. The second kappa shape index (κ2) is 5.93. The number of aliphatic hydroxyl groups excluding tert-OH is 1. The Morgan fingerprint density at radius 3 is 2.67 bits per heavy atom. The zero-order valence-electron chi connectivity index (χ0n) is 7.36. The highest BCUT2D eigenvalue weighted by atomic mass is 16.9. The van der Waals surface area contributed by atoms with Crippen LogP contribution in [0.2, 0.25) is 0 Å². The summed E-state index contributed by atoms with van der Waals surface area (Å²) >= 11 is 0. The molecular weight excluding hydrogens is 162 g/mol. The second-order valence-corrected chi connectivity index (χ2v) is 2.47. The molecular formula is C7H15NO4. The highest BCUT2D eigenvalue weighted by molar-refractivity contribution is 5.73. The Kier molecular flexibility index (Phi) is 5.61. The van der Waals surface area contributed by atoms with Crippen molar-refractivity contribution < 1.29 is 19.9 Å². The monoisotopic (exact) mass is 177 g/mol. The fourth-order valence-corrected chi connectivity index (χ4v) is 0.627. The average molecular weight is 177 g/mol. The zero-order chi connectivity index (χ0) is 9.56. The molecule has 0 aromatic rings. The van der Waals surface area contributed by atoms with E-state index in [1.54, 1.807) is 0 Å². The SMILES string of the molecule is CCCCC(=O)N(O)OC(C)O. The molecule has 0 rings (SSSR count). The lowest BCUT2D eigenvalue weighted by molar-refractivity contribution is -0.363. The molecule has 1 amide bonds. The molecule has 0 spiro atoms. The molecule has 0 fully saturated rings. The Labute approximate surface area is 71.5 Å². The van der Waals surface area contributed by atoms with Crippen LogP contribution in [0.3, 0.4) is 0 Å². The molecule has 0 aliphatic heterocycles. The third kappa shape index (κ3) is 5.06. The van der Waals surface area contributed by atoms with E-state index in [2.05, 4.69) is 4.84 Å². The van der Waals surface area contributed by atoms with Crippen LogP contribution in [0.5, 0.6) is 0 Å². The van der Waals surface area contributed by atoms with Crippen molar-refractivity contribution in [2.45, 2.75) is 39.4 Å². The van der Waals surface area contributed by atoms with Crippen molar-refractivity contribution in [1.82, 2.24) is 5.23 Å². The number of carbonyl (C=O) groups excluding carboxylic acids is 1. The maximum absolute atomic E-state index is 10.9. The lowest BCUT2D eigenvalue weighted by Crippen LogP contribution is -2.31. The van der Waals surface area contributed by atoms with E-state index < -0.39 is 12.2 Å². The molecule has 0 radical (unpaired) electrons. The summed E-state index contributed by atoms with van der Waals surface area (Å²) < 4.78 is 0. The van der Waals surface area contributed by atoms with Crippen molar-refractivity contribution >= 4 is 5.91 Å². The minimum atomic E-state index is -1.18. The topological polar surface area (TPSA) is 70.0 Å². The van der Waals surface area contributed by atoms with Crippen LogP contribution in [0, 0.1) is 0 Å². The lowest BCUT2D eigenvalue weighted by atomic mass is 10.2. The van der Waals surface area contributed by atoms with Gasteiger partial charge in [0.05, 0.1) is 0 Å². The summed E-state index contributed by atoms with van der Waals surface area (Å²) in [5, 5.41) is 17.5.